The summed E-state index contributed by atoms with van der Waals surface area (Å²) < 4.78 is 2.34. The number of thiol groups is 1. The van der Waals surface area contributed by atoms with Crippen LogP contribution in [0.15, 0.2) is 0 Å². The molecule has 0 spiro atoms. The Hall–Kier alpha value is 1.01. The van der Waals surface area contributed by atoms with Crippen molar-refractivity contribution in [1.82, 2.24) is 4.31 Å². The lowest BCUT2D eigenvalue weighted by atomic mass is 9.96. The predicted octanol–water partition coefficient (Wildman–Crippen LogP) is 3.39. The van der Waals surface area contributed by atoms with Crippen LogP contribution >= 0.6 is 32.5 Å². The first-order valence-corrected chi connectivity index (χ1v) is 7.21. The summed E-state index contributed by atoms with van der Waals surface area (Å²) in [6, 6.07) is 0.799. The van der Waals surface area contributed by atoms with Crippen LogP contribution in [0.3, 0.4) is 0 Å². The number of nitrogens with zero attached hydrogens (tertiary/aromatic N) is 1. The molecule has 0 aromatic heterocycles. The lowest BCUT2D eigenvalue weighted by molar-refractivity contribution is 0.307. The van der Waals surface area contributed by atoms with Crippen molar-refractivity contribution in [1.29, 1.82) is 0 Å². The number of hydrogen-bond acceptors (Lipinski definition) is 4. The van der Waals surface area contributed by atoms with Gasteiger partial charge in [0, 0.05) is 17.0 Å². The molecule has 0 unspecified atom stereocenters. The zero-order valence-corrected chi connectivity index (χ0v) is 9.35. The Morgan fingerprint density at radius 3 is 2.45 bits per heavy atom. The maximum Gasteiger partial charge on any atom is 0.0207 e. The molecule has 0 radical (unpaired) electrons. The molecule has 0 heterocycles. The second kappa shape index (κ2) is 5.62. The molecular formula is C7H15NS3. The SMILES string of the molecule is CN(SSS)C1CCCCC1. The second-order valence-electron chi connectivity index (χ2n) is 2.99. The third-order valence-corrected chi connectivity index (χ3v) is 4.35. The normalized spacial score (nSPS) is 21.0. The van der Waals surface area contributed by atoms with Gasteiger partial charge in [-0.1, -0.05) is 30.9 Å². The molecule has 1 saturated carbocycles. The zero-order valence-electron chi connectivity index (χ0n) is 6.82. The Bertz CT molecular complexity index is 104. The summed E-state index contributed by atoms with van der Waals surface area (Å²) in [4.78, 5) is 0. The molecule has 1 rings (SSSR count). The molecule has 4 heteroatoms. The summed E-state index contributed by atoms with van der Waals surface area (Å²) in [5.74, 6) is 0. The van der Waals surface area contributed by atoms with E-state index in [-0.39, 0.29) is 0 Å². The summed E-state index contributed by atoms with van der Waals surface area (Å²) >= 11 is 4.12. The first kappa shape index (κ1) is 10.1. The molecule has 11 heavy (non-hydrogen) atoms. The van der Waals surface area contributed by atoms with Gasteiger partial charge < -0.3 is 0 Å². The minimum atomic E-state index is 0.799. The average molecular weight is 209 g/mol. The fraction of sp³-hybridized carbons (Fsp3) is 1.00. The predicted molar refractivity (Wildman–Crippen MR) is 58.8 cm³/mol. The van der Waals surface area contributed by atoms with Crippen molar-refractivity contribution in [2.24, 2.45) is 0 Å². The Morgan fingerprint density at radius 2 is 1.91 bits per heavy atom. The van der Waals surface area contributed by atoms with Crippen LogP contribution in [0, 0.1) is 0 Å². The molecule has 0 aromatic carbocycles. The quantitative estimate of drug-likeness (QED) is 0.431. The van der Waals surface area contributed by atoms with Crippen molar-refractivity contribution in [2.75, 3.05) is 7.05 Å². The minimum absolute atomic E-state index is 0.799. The monoisotopic (exact) mass is 209 g/mol. The van der Waals surface area contributed by atoms with Crippen molar-refractivity contribution < 1.29 is 0 Å². The Balaban J connectivity index is 2.21. The van der Waals surface area contributed by atoms with Crippen molar-refractivity contribution in [2.45, 2.75) is 38.1 Å². The van der Waals surface area contributed by atoms with Gasteiger partial charge in [-0.15, -0.1) is 0 Å². The molecule has 1 nitrogen and oxygen atoms in total. The van der Waals surface area contributed by atoms with Crippen LogP contribution in [0.5, 0.6) is 0 Å². The van der Waals surface area contributed by atoms with Crippen molar-refractivity contribution in [3.63, 3.8) is 0 Å². The highest BCUT2D eigenvalue weighted by molar-refractivity contribution is 9.04. The molecule has 0 aromatic rings. The Kier molecular flexibility index (Phi) is 5.16. The summed E-state index contributed by atoms with van der Waals surface area (Å²) in [6.07, 6.45) is 7.00. The lowest BCUT2D eigenvalue weighted by Gasteiger charge is -2.28. The van der Waals surface area contributed by atoms with E-state index >= 15 is 0 Å². The molecule has 1 aliphatic carbocycles. The van der Waals surface area contributed by atoms with Gasteiger partial charge in [0.1, 0.15) is 0 Å². The van der Waals surface area contributed by atoms with Crippen LogP contribution in [-0.2, 0) is 0 Å². The lowest BCUT2D eigenvalue weighted by Crippen LogP contribution is -2.27. The summed E-state index contributed by atoms with van der Waals surface area (Å²) in [7, 11) is 5.46. The third-order valence-electron chi connectivity index (χ3n) is 2.24. The van der Waals surface area contributed by atoms with Crippen LogP contribution in [0.4, 0.5) is 0 Å². The van der Waals surface area contributed by atoms with E-state index in [1.807, 2.05) is 0 Å². The van der Waals surface area contributed by atoms with Crippen molar-refractivity contribution in [3.8, 4) is 0 Å². The fourth-order valence-corrected chi connectivity index (χ4v) is 3.62. The van der Waals surface area contributed by atoms with Crippen LogP contribution in [0.25, 0.3) is 0 Å². The molecular weight excluding hydrogens is 194 g/mol. The van der Waals surface area contributed by atoms with Crippen molar-refractivity contribution in [3.05, 3.63) is 0 Å². The van der Waals surface area contributed by atoms with Gasteiger partial charge in [-0.25, -0.2) is 4.31 Å². The molecule has 66 valence electrons. The van der Waals surface area contributed by atoms with Crippen LogP contribution in [0.1, 0.15) is 32.1 Å². The summed E-state index contributed by atoms with van der Waals surface area (Å²) in [6.45, 7) is 0. The van der Waals surface area contributed by atoms with Gasteiger partial charge in [0.15, 0.2) is 0 Å². The summed E-state index contributed by atoms with van der Waals surface area (Å²) in [5, 5.41) is 0. The average Bonchev–Trinajstić information content (AvgIpc) is 2.07. The van der Waals surface area contributed by atoms with E-state index in [4.69, 9.17) is 0 Å². The molecule has 0 bridgehead atoms. The molecule has 0 aliphatic heterocycles. The maximum absolute atomic E-state index is 4.12. The zero-order chi connectivity index (χ0) is 8.10. The van der Waals surface area contributed by atoms with E-state index in [2.05, 4.69) is 23.0 Å². The van der Waals surface area contributed by atoms with Gasteiger partial charge in [0.2, 0.25) is 0 Å². The van der Waals surface area contributed by atoms with Crippen LogP contribution in [0.2, 0.25) is 0 Å². The van der Waals surface area contributed by atoms with Gasteiger partial charge in [0.05, 0.1) is 0 Å². The topological polar surface area (TPSA) is 3.24 Å². The largest absolute Gasteiger partial charge is 0.241 e. The molecule has 0 saturated heterocycles. The molecule has 1 fully saturated rings. The highest BCUT2D eigenvalue weighted by Gasteiger charge is 2.17. The Morgan fingerprint density at radius 1 is 1.27 bits per heavy atom. The number of rotatable bonds is 3. The minimum Gasteiger partial charge on any atom is -0.241 e. The number of hydrogen-bond donors (Lipinski definition) is 1. The van der Waals surface area contributed by atoms with Gasteiger partial charge >= 0.3 is 0 Å². The van der Waals surface area contributed by atoms with E-state index in [0.29, 0.717) is 0 Å². The van der Waals surface area contributed by atoms with Crippen LogP contribution < -0.4 is 0 Å². The fourth-order valence-electron chi connectivity index (χ4n) is 1.56. The van der Waals surface area contributed by atoms with Gasteiger partial charge in [-0.05, 0) is 29.7 Å². The second-order valence-corrected chi connectivity index (χ2v) is 6.10. The van der Waals surface area contributed by atoms with E-state index in [1.54, 1.807) is 20.8 Å². The maximum atomic E-state index is 4.12. The summed E-state index contributed by atoms with van der Waals surface area (Å²) in [5.41, 5.74) is 0. The first-order chi connectivity index (χ1) is 5.34. The molecule has 0 amide bonds. The highest BCUT2D eigenvalue weighted by Crippen LogP contribution is 2.33. The molecule has 1 aliphatic rings. The van der Waals surface area contributed by atoms with E-state index < -0.39 is 0 Å². The highest BCUT2D eigenvalue weighted by atomic mass is 33.5. The van der Waals surface area contributed by atoms with Gasteiger partial charge in [-0.3, -0.25) is 0 Å². The van der Waals surface area contributed by atoms with E-state index in [9.17, 15) is 0 Å². The third kappa shape index (κ3) is 3.49. The van der Waals surface area contributed by atoms with Gasteiger partial charge in [-0.2, -0.15) is 0 Å². The van der Waals surface area contributed by atoms with Gasteiger partial charge in [0.25, 0.3) is 0 Å². The smallest absolute Gasteiger partial charge is 0.0207 e. The van der Waals surface area contributed by atoms with Crippen LogP contribution in [-0.4, -0.2) is 17.4 Å². The standard InChI is InChI=1S/C7H15NS3/c1-8(10-11-9)7-5-3-2-4-6-7/h7,9H,2-6H2,1H3. The van der Waals surface area contributed by atoms with E-state index in [0.717, 1.165) is 6.04 Å². The molecule has 0 atom stereocenters. The van der Waals surface area contributed by atoms with E-state index in [1.165, 1.54) is 32.1 Å². The Labute approximate surface area is 82.0 Å². The van der Waals surface area contributed by atoms with Crippen molar-refractivity contribution >= 4 is 32.5 Å². The first-order valence-electron chi connectivity index (χ1n) is 4.05. The molecule has 0 N–H and O–H groups in total.